The van der Waals surface area contributed by atoms with Crippen molar-refractivity contribution >= 4 is 29.9 Å². The zero-order valence-corrected chi connectivity index (χ0v) is 15.1. The van der Waals surface area contributed by atoms with Gasteiger partial charge in [-0.2, -0.15) is 5.10 Å². The highest BCUT2D eigenvalue weighted by atomic mass is 35.5. The predicted molar refractivity (Wildman–Crippen MR) is 97.8 cm³/mol. The number of ether oxygens (including phenoxy) is 1. The van der Waals surface area contributed by atoms with Gasteiger partial charge in [-0.05, 0) is 12.1 Å². The highest BCUT2D eigenvalue weighted by molar-refractivity contribution is 6.03. The molecule has 0 fully saturated rings. The van der Waals surface area contributed by atoms with Gasteiger partial charge in [0.2, 0.25) is 0 Å². The average Bonchev–Trinajstić information content (AvgIpc) is 3.03. The third-order valence-corrected chi connectivity index (χ3v) is 4.59. The molecule has 0 saturated carbocycles. The smallest absolute Gasteiger partial charge is 0.272 e. The van der Waals surface area contributed by atoms with Gasteiger partial charge in [0.15, 0.2) is 5.69 Å². The summed E-state index contributed by atoms with van der Waals surface area (Å²) in [5.41, 5.74) is 2.85. The number of hydrogen-bond acceptors (Lipinski definition) is 5. The largest absolute Gasteiger partial charge is 0.489 e. The van der Waals surface area contributed by atoms with Crippen LogP contribution in [0.2, 0.25) is 0 Å². The molecular weight excluding hydrogens is 358 g/mol. The Morgan fingerprint density at radius 3 is 3.04 bits per heavy atom. The second-order valence-electron chi connectivity index (χ2n) is 6.16. The number of para-hydroxylation sites is 2. The molecule has 0 radical (unpaired) electrons. The molecule has 26 heavy (non-hydrogen) atoms. The van der Waals surface area contributed by atoms with E-state index in [0.717, 1.165) is 24.2 Å². The summed E-state index contributed by atoms with van der Waals surface area (Å²) < 4.78 is 5.71. The number of carbonyl (C=O) groups is 2. The van der Waals surface area contributed by atoms with Gasteiger partial charge >= 0.3 is 0 Å². The number of likely N-dealkylation sites (N-methyl/N-ethyl adjacent to an activating group) is 1. The maximum atomic E-state index is 12.7. The van der Waals surface area contributed by atoms with Crippen LogP contribution in [0.25, 0.3) is 0 Å². The first-order valence-electron chi connectivity index (χ1n) is 8.22. The number of hydrogen-bond donors (Lipinski definition) is 3. The van der Waals surface area contributed by atoms with Gasteiger partial charge in [-0.3, -0.25) is 14.7 Å². The summed E-state index contributed by atoms with van der Waals surface area (Å²) in [6.07, 6.45) is 0.805. The van der Waals surface area contributed by atoms with Crippen LogP contribution in [0.15, 0.2) is 24.3 Å². The molecule has 1 aromatic carbocycles. The molecule has 138 valence electrons. The molecule has 2 aliphatic rings. The first kappa shape index (κ1) is 18.2. The van der Waals surface area contributed by atoms with Crippen LogP contribution in [0.3, 0.4) is 0 Å². The molecule has 8 nitrogen and oxygen atoms in total. The highest BCUT2D eigenvalue weighted by Gasteiger charge is 2.32. The molecule has 1 aromatic heterocycles. The van der Waals surface area contributed by atoms with E-state index in [1.165, 1.54) is 4.90 Å². The number of aromatic amines is 1. The number of nitrogens with zero attached hydrogens (tertiary/aromatic N) is 2. The zero-order chi connectivity index (χ0) is 17.4. The quantitative estimate of drug-likeness (QED) is 0.713. The molecule has 0 spiro atoms. The molecule has 1 atom stereocenters. The van der Waals surface area contributed by atoms with E-state index in [4.69, 9.17) is 4.74 Å². The van der Waals surface area contributed by atoms with Crippen molar-refractivity contribution < 1.29 is 14.3 Å². The van der Waals surface area contributed by atoms with Crippen LogP contribution >= 0.6 is 12.4 Å². The average molecular weight is 378 g/mol. The van der Waals surface area contributed by atoms with Crippen LogP contribution < -0.4 is 20.3 Å². The lowest BCUT2D eigenvalue weighted by Crippen LogP contribution is -2.49. The maximum Gasteiger partial charge on any atom is 0.272 e. The van der Waals surface area contributed by atoms with Gasteiger partial charge in [0, 0.05) is 37.8 Å². The minimum Gasteiger partial charge on any atom is -0.489 e. The van der Waals surface area contributed by atoms with Crippen LogP contribution in [-0.2, 0) is 17.8 Å². The third kappa shape index (κ3) is 3.13. The van der Waals surface area contributed by atoms with Crippen LogP contribution in [0.1, 0.15) is 21.7 Å². The molecule has 0 saturated heterocycles. The van der Waals surface area contributed by atoms with Crippen molar-refractivity contribution in [1.82, 2.24) is 20.8 Å². The number of carbonyl (C=O) groups excluding carboxylic acids is 2. The van der Waals surface area contributed by atoms with E-state index in [2.05, 4.69) is 20.8 Å². The van der Waals surface area contributed by atoms with Crippen molar-refractivity contribution in [3.8, 4) is 5.75 Å². The molecule has 2 aromatic rings. The molecular formula is C17H20ClN5O3. The Hall–Kier alpha value is -2.58. The van der Waals surface area contributed by atoms with Crippen LogP contribution in [-0.4, -0.2) is 48.3 Å². The van der Waals surface area contributed by atoms with Crippen LogP contribution in [0.4, 0.5) is 5.69 Å². The second kappa shape index (κ2) is 7.35. The van der Waals surface area contributed by atoms with E-state index in [-0.39, 0.29) is 30.8 Å². The standard InChI is InChI=1S/C17H19N5O3.ClH/c1-22-13-4-2-3-5-14(13)25-9-12(17(22)24)19-16(23)15-10-8-18-7-6-11(10)20-21-15;/h2-5,12,18H,6-9H2,1H3,(H,19,23)(H,20,21);1H. The molecule has 4 rings (SSSR count). The fraction of sp³-hybridized carbons (Fsp3) is 0.353. The van der Waals surface area contributed by atoms with Crippen molar-refractivity contribution in [3.63, 3.8) is 0 Å². The summed E-state index contributed by atoms with van der Waals surface area (Å²) in [4.78, 5) is 26.8. The van der Waals surface area contributed by atoms with Gasteiger partial charge < -0.3 is 20.3 Å². The minimum absolute atomic E-state index is 0. The summed E-state index contributed by atoms with van der Waals surface area (Å²) in [6, 6.07) is 6.54. The third-order valence-electron chi connectivity index (χ3n) is 4.59. The number of fused-ring (bicyclic) bond motifs is 2. The lowest BCUT2D eigenvalue weighted by Gasteiger charge is -2.20. The Kier molecular flexibility index (Phi) is 5.15. The van der Waals surface area contributed by atoms with Crippen LogP contribution in [0, 0.1) is 0 Å². The molecule has 0 bridgehead atoms. The van der Waals surface area contributed by atoms with E-state index in [1.807, 2.05) is 18.2 Å². The van der Waals surface area contributed by atoms with Crippen molar-refractivity contribution in [2.45, 2.75) is 19.0 Å². The maximum absolute atomic E-state index is 12.7. The number of amides is 2. The minimum atomic E-state index is -0.770. The molecule has 3 heterocycles. The summed E-state index contributed by atoms with van der Waals surface area (Å²) in [5, 5.41) is 13.0. The van der Waals surface area contributed by atoms with Gasteiger partial charge in [-0.25, -0.2) is 0 Å². The van der Waals surface area contributed by atoms with Crippen molar-refractivity contribution in [2.24, 2.45) is 0 Å². The fourth-order valence-corrected chi connectivity index (χ4v) is 3.20. The Bertz CT molecular complexity index is 838. The van der Waals surface area contributed by atoms with Gasteiger partial charge in [0.1, 0.15) is 18.4 Å². The van der Waals surface area contributed by atoms with E-state index < -0.39 is 6.04 Å². The summed E-state index contributed by atoms with van der Waals surface area (Å²) in [6.45, 7) is 1.53. The number of halogens is 1. The molecule has 0 aliphatic carbocycles. The van der Waals surface area contributed by atoms with Crippen LogP contribution in [0.5, 0.6) is 5.75 Å². The summed E-state index contributed by atoms with van der Waals surface area (Å²) in [7, 11) is 1.68. The summed E-state index contributed by atoms with van der Waals surface area (Å²) >= 11 is 0. The Labute approximate surface area is 156 Å². The van der Waals surface area contributed by atoms with E-state index in [1.54, 1.807) is 13.1 Å². The van der Waals surface area contributed by atoms with Gasteiger partial charge in [-0.1, -0.05) is 12.1 Å². The summed E-state index contributed by atoms with van der Waals surface area (Å²) in [5.74, 6) is 0.0276. The van der Waals surface area contributed by atoms with Crippen molar-refractivity contribution in [3.05, 3.63) is 41.2 Å². The first-order valence-corrected chi connectivity index (χ1v) is 8.22. The number of benzene rings is 1. The normalized spacial score (nSPS) is 18.7. The van der Waals surface area contributed by atoms with Gasteiger partial charge in [0.05, 0.1) is 5.69 Å². The molecule has 2 aliphatic heterocycles. The van der Waals surface area contributed by atoms with Gasteiger partial charge in [-0.15, -0.1) is 12.4 Å². The number of aromatic nitrogens is 2. The van der Waals surface area contributed by atoms with Crippen molar-refractivity contribution in [2.75, 3.05) is 25.1 Å². The Balaban J connectivity index is 0.00000196. The molecule has 2 amide bonds. The topological polar surface area (TPSA) is 99.4 Å². The Morgan fingerprint density at radius 1 is 1.38 bits per heavy atom. The van der Waals surface area contributed by atoms with E-state index >= 15 is 0 Å². The molecule has 3 N–H and O–H groups in total. The lowest BCUT2D eigenvalue weighted by atomic mass is 10.1. The monoisotopic (exact) mass is 377 g/mol. The Morgan fingerprint density at radius 2 is 2.19 bits per heavy atom. The zero-order valence-electron chi connectivity index (χ0n) is 14.2. The van der Waals surface area contributed by atoms with E-state index in [9.17, 15) is 9.59 Å². The SMILES string of the molecule is CN1C(=O)C(NC(=O)c2n[nH]c3c2CNCC3)COc2ccccc21.Cl. The number of nitrogens with one attached hydrogen (secondary N) is 3. The number of H-pyrrole nitrogens is 1. The first-order chi connectivity index (χ1) is 12.1. The molecule has 1 unspecified atom stereocenters. The number of rotatable bonds is 2. The van der Waals surface area contributed by atoms with E-state index in [0.29, 0.717) is 23.7 Å². The second-order valence-corrected chi connectivity index (χ2v) is 6.16. The predicted octanol–water partition coefficient (Wildman–Crippen LogP) is 0.631. The van der Waals surface area contributed by atoms with Crippen molar-refractivity contribution in [1.29, 1.82) is 0 Å². The molecule has 9 heteroatoms. The van der Waals surface area contributed by atoms with Gasteiger partial charge in [0.25, 0.3) is 11.8 Å². The lowest BCUT2D eigenvalue weighted by molar-refractivity contribution is -0.120. The highest BCUT2D eigenvalue weighted by Crippen LogP contribution is 2.29. The number of anilines is 1. The fourth-order valence-electron chi connectivity index (χ4n) is 3.20.